The van der Waals surface area contributed by atoms with Crippen LogP contribution in [0, 0.1) is 6.92 Å². The van der Waals surface area contributed by atoms with Crippen LogP contribution >= 0.6 is 11.3 Å². The molecular formula is C25H25N5OS. The highest BCUT2D eigenvalue weighted by Gasteiger charge is 2.16. The molecule has 0 saturated carbocycles. The molecule has 5 rings (SSSR count). The summed E-state index contributed by atoms with van der Waals surface area (Å²) >= 11 is 1.48. The van der Waals surface area contributed by atoms with Crippen molar-refractivity contribution in [2.45, 2.75) is 13.5 Å². The Hall–Kier alpha value is -3.13. The van der Waals surface area contributed by atoms with Gasteiger partial charge in [-0.05, 0) is 42.3 Å². The van der Waals surface area contributed by atoms with Crippen LogP contribution < -0.4 is 5.73 Å². The summed E-state index contributed by atoms with van der Waals surface area (Å²) in [5.41, 5.74) is 13.0. The summed E-state index contributed by atoms with van der Waals surface area (Å²) < 4.78 is 5.44. The topological polar surface area (TPSA) is 77.2 Å². The monoisotopic (exact) mass is 443 g/mol. The molecule has 7 heteroatoms. The standard InChI is InChI=1S/C25H25N5OS/c1-17-3-2-4-21(28-17)23-24(32-25(26)29-23)20-9-10-27-22(15-20)19-7-5-18(6-8-19)16-30-11-13-31-14-12-30/h2-10,15H,11-14,16H2,1H3,(H2,26,29). The Bertz CT molecular complexity index is 1220. The van der Waals surface area contributed by atoms with Crippen molar-refractivity contribution in [2.24, 2.45) is 0 Å². The van der Waals surface area contributed by atoms with Crippen LogP contribution in [0.5, 0.6) is 0 Å². The minimum absolute atomic E-state index is 0.532. The average Bonchev–Trinajstić information content (AvgIpc) is 3.22. The van der Waals surface area contributed by atoms with E-state index in [9.17, 15) is 0 Å². The summed E-state index contributed by atoms with van der Waals surface area (Å²) in [6.07, 6.45) is 1.84. The second-order valence-electron chi connectivity index (χ2n) is 7.91. The van der Waals surface area contributed by atoms with Crippen LogP contribution in [0.4, 0.5) is 5.13 Å². The van der Waals surface area contributed by atoms with Crippen LogP contribution in [-0.2, 0) is 11.3 Å². The molecule has 0 amide bonds. The molecule has 0 radical (unpaired) electrons. The van der Waals surface area contributed by atoms with E-state index in [-0.39, 0.29) is 0 Å². The van der Waals surface area contributed by atoms with Gasteiger partial charge >= 0.3 is 0 Å². The second-order valence-corrected chi connectivity index (χ2v) is 8.94. The van der Waals surface area contributed by atoms with Crippen molar-refractivity contribution in [2.75, 3.05) is 32.0 Å². The highest BCUT2D eigenvalue weighted by Crippen LogP contribution is 2.38. The van der Waals surface area contributed by atoms with Gasteiger partial charge in [-0.2, -0.15) is 0 Å². The lowest BCUT2D eigenvalue weighted by molar-refractivity contribution is 0.0342. The van der Waals surface area contributed by atoms with Crippen molar-refractivity contribution in [3.05, 3.63) is 72.1 Å². The fourth-order valence-corrected chi connectivity index (χ4v) is 4.75. The molecule has 32 heavy (non-hydrogen) atoms. The van der Waals surface area contributed by atoms with Crippen LogP contribution in [0.1, 0.15) is 11.3 Å². The first-order chi connectivity index (χ1) is 15.7. The van der Waals surface area contributed by atoms with Crippen LogP contribution in [0.15, 0.2) is 60.8 Å². The molecule has 1 aliphatic heterocycles. The maximum atomic E-state index is 6.09. The van der Waals surface area contributed by atoms with Gasteiger partial charge in [0.1, 0.15) is 5.69 Å². The average molecular weight is 444 g/mol. The zero-order chi connectivity index (χ0) is 21.9. The van der Waals surface area contributed by atoms with Crippen LogP contribution in [0.25, 0.3) is 33.1 Å². The summed E-state index contributed by atoms with van der Waals surface area (Å²) in [7, 11) is 0. The third kappa shape index (κ3) is 4.55. The van der Waals surface area contributed by atoms with Crippen molar-refractivity contribution in [3.8, 4) is 33.1 Å². The number of ether oxygens (including phenoxy) is 1. The molecule has 1 saturated heterocycles. The number of aromatic nitrogens is 3. The zero-order valence-corrected chi connectivity index (χ0v) is 18.8. The van der Waals surface area contributed by atoms with Crippen molar-refractivity contribution in [1.29, 1.82) is 0 Å². The van der Waals surface area contributed by atoms with Gasteiger partial charge in [-0.1, -0.05) is 41.7 Å². The smallest absolute Gasteiger partial charge is 0.181 e. The van der Waals surface area contributed by atoms with E-state index >= 15 is 0 Å². The van der Waals surface area contributed by atoms with Gasteiger partial charge in [0.05, 0.1) is 29.5 Å². The molecule has 0 bridgehead atoms. The van der Waals surface area contributed by atoms with Crippen molar-refractivity contribution in [1.82, 2.24) is 19.9 Å². The first kappa shape index (κ1) is 20.8. The zero-order valence-electron chi connectivity index (χ0n) is 18.0. The molecule has 6 nitrogen and oxygen atoms in total. The Morgan fingerprint density at radius 2 is 1.78 bits per heavy atom. The number of nitrogen functional groups attached to an aromatic ring is 1. The van der Waals surface area contributed by atoms with Gasteiger partial charge in [0.2, 0.25) is 0 Å². The molecule has 1 aromatic carbocycles. The van der Waals surface area contributed by atoms with Gasteiger partial charge in [-0.25, -0.2) is 4.98 Å². The maximum absolute atomic E-state index is 6.09. The molecule has 0 spiro atoms. The fraction of sp³-hybridized carbons (Fsp3) is 0.240. The van der Waals surface area contributed by atoms with E-state index in [1.165, 1.54) is 16.9 Å². The maximum Gasteiger partial charge on any atom is 0.181 e. The lowest BCUT2D eigenvalue weighted by atomic mass is 10.0. The Balaban J connectivity index is 1.42. The number of rotatable bonds is 5. The molecular weight excluding hydrogens is 418 g/mol. The number of hydrogen-bond donors (Lipinski definition) is 1. The summed E-state index contributed by atoms with van der Waals surface area (Å²) in [5.74, 6) is 0. The number of nitrogens with two attached hydrogens (primary N) is 1. The largest absolute Gasteiger partial charge is 0.379 e. The normalized spacial score (nSPS) is 14.5. The predicted octanol–water partition coefficient (Wildman–Crippen LogP) is 4.66. The molecule has 0 atom stereocenters. The molecule has 4 aromatic rings. The number of thiazole rings is 1. The van der Waals surface area contributed by atoms with Crippen molar-refractivity contribution in [3.63, 3.8) is 0 Å². The molecule has 1 aliphatic rings. The number of nitrogens with zero attached hydrogens (tertiary/aromatic N) is 4. The predicted molar refractivity (Wildman–Crippen MR) is 129 cm³/mol. The van der Waals surface area contributed by atoms with Gasteiger partial charge < -0.3 is 10.5 Å². The van der Waals surface area contributed by atoms with Gasteiger partial charge in [0.15, 0.2) is 5.13 Å². The number of benzene rings is 1. The van der Waals surface area contributed by atoms with Gasteiger partial charge in [-0.3, -0.25) is 14.9 Å². The Morgan fingerprint density at radius 3 is 2.56 bits per heavy atom. The SMILES string of the molecule is Cc1cccc(-c2nc(N)sc2-c2ccnc(-c3ccc(CN4CCOCC4)cc3)c2)n1. The molecule has 162 valence electrons. The first-order valence-electron chi connectivity index (χ1n) is 10.7. The summed E-state index contributed by atoms with van der Waals surface area (Å²) in [6, 6.07) is 18.7. The van der Waals surface area contributed by atoms with Gasteiger partial charge in [-0.15, -0.1) is 0 Å². The van der Waals surface area contributed by atoms with Crippen LogP contribution in [0.2, 0.25) is 0 Å². The quantitative estimate of drug-likeness (QED) is 0.484. The molecule has 3 aromatic heterocycles. The lowest BCUT2D eigenvalue weighted by Crippen LogP contribution is -2.35. The van der Waals surface area contributed by atoms with E-state index in [2.05, 4.69) is 50.2 Å². The second kappa shape index (κ2) is 9.16. The van der Waals surface area contributed by atoms with Crippen molar-refractivity contribution >= 4 is 16.5 Å². The molecule has 0 unspecified atom stereocenters. The first-order valence-corrected chi connectivity index (χ1v) is 11.5. The van der Waals surface area contributed by atoms with E-state index in [4.69, 9.17) is 10.5 Å². The van der Waals surface area contributed by atoms with E-state index in [0.717, 1.165) is 71.6 Å². The summed E-state index contributed by atoms with van der Waals surface area (Å²) in [6.45, 7) is 6.53. The highest BCUT2D eigenvalue weighted by molar-refractivity contribution is 7.19. The lowest BCUT2D eigenvalue weighted by Gasteiger charge is -2.26. The molecule has 4 heterocycles. The number of anilines is 1. The Labute approximate surface area is 191 Å². The van der Waals surface area contributed by atoms with E-state index in [0.29, 0.717) is 5.13 Å². The highest BCUT2D eigenvalue weighted by atomic mass is 32.1. The van der Waals surface area contributed by atoms with Gasteiger partial charge in [0.25, 0.3) is 0 Å². The summed E-state index contributed by atoms with van der Waals surface area (Å²) in [4.78, 5) is 17.3. The minimum atomic E-state index is 0.532. The number of aryl methyl sites for hydroxylation is 1. The van der Waals surface area contributed by atoms with Crippen molar-refractivity contribution < 1.29 is 4.74 Å². The third-order valence-corrected chi connectivity index (χ3v) is 6.49. The molecule has 1 fully saturated rings. The van der Waals surface area contributed by atoms with E-state index in [1.807, 2.05) is 37.4 Å². The molecule has 0 aliphatic carbocycles. The summed E-state index contributed by atoms with van der Waals surface area (Å²) in [5, 5.41) is 0.532. The van der Waals surface area contributed by atoms with E-state index < -0.39 is 0 Å². The number of pyridine rings is 2. The van der Waals surface area contributed by atoms with Gasteiger partial charge in [0, 0.05) is 37.1 Å². The van der Waals surface area contributed by atoms with Crippen LogP contribution in [-0.4, -0.2) is 46.2 Å². The number of hydrogen-bond acceptors (Lipinski definition) is 7. The Morgan fingerprint density at radius 1 is 0.969 bits per heavy atom. The molecule has 2 N–H and O–H groups in total. The fourth-order valence-electron chi connectivity index (χ4n) is 3.91. The van der Waals surface area contributed by atoms with E-state index in [1.54, 1.807) is 0 Å². The Kier molecular flexibility index (Phi) is 5.94. The number of morpholine rings is 1. The minimum Gasteiger partial charge on any atom is -0.379 e. The third-order valence-electron chi connectivity index (χ3n) is 5.56. The van der Waals surface area contributed by atoms with Crippen LogP contribution in [0.3, 0.4) is 0 Å².